The Balaban J connectivity index is 1.91. The molecule has 0 bridgehead atoms. The highest BCUT2D eigenvalue weighted by Gasteiger charge is 2.34. The fourth-order valence-corrected chi connectivity index (χ4v) is 3.25. The average Bonchev–Trinajstić information content (AvgIpc) is 2.55. The van der Waals surface area contributed by atoms with Crippen LogP contribution in [0.1, 0.15) is 24.4 Å². The Labute approximate surface area is 150 Å². The molecular formula is C19H19ClF2N2O. The van der Waals surface area contributed by atoms with Crippen LogP contribution in [0.2, 0.25) is 5.02 Å². The van der Waals surface area contributed by atoms with Crippen molar-refractivity contribution in [2.75, 3.05) is 11.9 Å². The summed E-state index contributed by atoms with van der Waals surface area (Å²) in [7, 11) is 1.71. The Kier molecular flexibility index (Phi) is 5.23. The number of carbonyl (C=O) groups is 1. The first-order valence-corrected chi connectivity index (χ1v) is 8.51. The van der Waals surface area contributed by atoms with E-state index in [2.05, 4.69) is 5.32 Å². The monoisotopic (exact) mass is 364 g/mol. The Bertz CT molecular complexity index is 765. The van der Waals surface area contributed by atoms with E-state index in [9.17, 15) is 13.6 Å². The van der Waals surface area contributed by atoms with Crippen molar-refractivity contribution in [3.63, 3.8) is 0 Å². The molecule has 1 amide bonds. The summed E-state index contributed by atoms with van der Waals surface area (Å²) in [6.07, 6.45) is -0.208. The van der Waals surface area contributed by atoms with Gasteiger partial charge in [0.2, 0.25) is 5.91 Å². The fraction of sp³-hybridized carbons (Fsp3) is 0.316. The number of rotatable bonds is 5. The average molecular weight is 365 g/mol. The Morgan fingerprint density at radius 1 is 1.24 bits per heavy atom. The first-order valence-electron chi connectivity index (χ1n) is 8.13. The molecule has 3 nitrogen and oxygen atoms in total. The smallest absolute Gasteiger partial charge is 0.247 e. The van der Waals surface area contributed by atoms with E-state index in [4.69, 9.17) is 11.6 Å². The van der Waals surface area contributed by atoms with Crippen LogP contribution in [0.3, 0.4) is 0 Å². The molecule has 0 aliphatic heterocycles. The van der Waals surface area contributed by atoms with Gasteiger partial charge < -0.3 is 10.2 Å². The fourth-order valence-electron chi connectivity index (χ4n) is 3.01. The third kappa shape index (κ3) is 3.93. The highest BCUT2D eigenvalue weighted by molar-refractivity contribution is 6.31. The summed E-state index contributed by atoms with van der Waals surface area (Å²) in [5, 5.41) is 3.31. The zero-order valence-corrected chi connectivity index (χ0v) is 14.5. The number of anilines is 1. The number of alkyl halides is 1. The second kappa shape index (κ2) is 7.40. The van der Waals surface area contributed by atoms with Gasteiger partial charge >= 0.3 is 0 Å². The molecule has 0 radical (unpaired) electrons. The summed E-state index contributed by atoms with van der Waals surface area (Å²) in [6, 6.07) is 12.1. The van der Waals surface area contributed by atoms with Crippen LogP contribution in [-0.4, -0.2) is 25.2 Å². The van der Waals surface area contributed by atoms with Gasteiger partial charge in [-0.1, -0.05) is 35.9 Å². The minimum atomic E-state index is -0.856. The van der Waals surface area contributed by atoms with Crippen LogP contribution < -0.4 is 10.2 Å². The minimum absolute atomic E-state index is 0.173. The van der Waals surface area contributed by atoms with E-state index in [-0.39, 0.29) is 17.8 Å². The van der Waals surface area contributed by atoms with Crippen molar-refractivity contribution in [1.82, 2.24) is 5.32 Å². The van der Waals surface area contributed by atoms with Gasteiger partial charge in [-0.2, -0.15) is 0 Å². The third-order valence-electron chi connectivity index (χ3n) is 4.48. The molecule has 6 heteroatoms. The van der Waals surface area contributed by atoms with Crippen LogP contribution in [0.15, 0.2) is 48.5 Å². The molecule has 25 heavy (non-hydrogen) atoms. The van der Waals surface area contributed by atoms with E-state index in [0.29, 0.717) is 29.1 Å². The molecule has 0 aromatic heterocycles. The predicted molar refractivity (Wildman–Crippen MR) is 95.1 cm³/mol. The summed E-state index contributed by atoms with van der Waals surface area (Å²) in [4.78, 5) is 14.5. The number of hydrogen-bond acceptors (Lipinski definition) is 2. The first-order chi connectivity index (χ1) is 12.0. The van der Waals surface area contributed by atoms with E-state index >= 15 is 0 Å². The Hall–Kier alpha value is -2.14. The molecule has 0 saturated heterocycles. The van der Waals surface area contributed by atoms with Crippen LogP contribution in [0.5, 0.6) is 0 Å². The van der Waals surface area contributed by atoms with Crippen molar-refractivity contribution in [3.05, 3.63) is 64.9 Å². The second-order valence-electron chi connectivity index (χ2n) is 6.29. The molecule has 2 aromatic rings. The van der Waals surface area contributed by atoms with Gasteiger partial charge in [-0.3, -0.25) is 4.79 Å². The predicted octanol–water partition coefficient (Wildman–Crippen LogP) is 4.27. The summed E-state index contributed by atoms with van der Waals surface area (Å²) < 4.78 is 26.6. The lowest BCUT2D eigenvalue weighted by molar-refractivity contribution is -0.124. The van der Waals surface area contributed by atoms with Gasteiger partial charge in [0.25, 0.3) is 0 Å². The molecule has 1 aliphatic carbocycles. The van der Waals surface area contributed by atoms with Crippen molar-refractivity contribution < 1.29 is 13.6 Å². The maximum atomic E-state index is 13.6. The zero-order chi connectivity index (χ0) is 18.0. The lowest BCUT2D eigenvalue weighted by atomic mass is 9.90. The van der Waals surface area contributed by atoms with Crippen LogP contribution >= 0.6 is 11.6 Å². The number of halogens is 3. The van der Waals surface area contributed by atoms with Crippen molar-refractivity contribution in [2.24, 2.45) is 0 Å². The number of nitrogens with zero attached hydrogens (tertiary/aromatic N) is 1. The summed E-state index contributed by atoms with van der Waals surface area (Å²) in [6.45, 7) is 0. The third-order valence-corrected chi connectivity index (χ3v) is 4.82. The van der Waals surface area contributed by atoms with Crippen molar-refractivity contribution in [2.45, 2.75) is 31.1 Å². The van der Waals surface area contributed by atoms with Crippen LogP contribution in [0, 0.1) is 5.82 Å². The molecule has 1 unspecified atom stereocenters. The molecule has 0 heterocycles. The van der Waals surface area contributed by atoms with Gasteiger partial charge in [-0.05, 0) is 37.1 Å². The number of likely N-dealkylation sites (N-methyl/N-ethyl adjacent to an activating group) is 1. The standard InChI is InChI=1S/C19H19ClF2N2O/c1-24(15-6-4-5-12(21)11-15)18(16-7-2-3-8-17(16)20)19(25)23-14-9-13(22)10-14/h2-8,11,13-14,18H,9-10H2,1H3,(H,23,25). The lowest BCUT2D eigenvalue weighted by Crippen LogP contribution is -2.49. The molecular weight excluding hydrogens is 346 g/mol. The number of nitrogens with one attached hydrogen (secondary N) is 1. The number of amides is 1. The maximum Gasteiger partial charge on any atom is 0.247 e. The summed E-state index contributed by atoms with van der Waals surface area (Å²) in [5.74, 6) is -0.668. The van der Waals surface area contributed by atoms with E-state index < -0.39 is 12.2 Å². The quantitative estimate of drug-likeness (QED) is 0.859. The van der Waals surface area contributed by atoms with Crippen molar-refractivity contribution in [3.8, 4) is 0 Å². The summed E-state index contributed by atoms with van der Waals surface area (Å²) >= 11 is 6.29. The molecule has 3 rings (SSSR count). The van der Waals surface area contributed by atoms with Gasteiger partial charge in [-0.15, -0.1) is 0 Å². The van der Waals surface area contributed by atoms with E-state index in [1.165, 1.54) is 12.1 Å². The molecule has 1 N–H and O–H groups in total. The lowest BCUT2D eigenvalue weighted by Gasteiger charge is -2.35. The molecule has 1 fully saturated rings. The van der Waals surface area contributed by atoms with Crippen LogP contribution in [-0.2, 0) is 4.79 Å². The summed E-state index contributed by atoms with van der Waals surface area (Å²) in [5.41, 5.74) is 1.17. The zero-order valence-electron chi connectivity index (χ0n) is 13.8. The van der Waals surface area contributed by atoms with Gasteiger partial charge in [0.1, 0.15) is 18.0 Å². The topological polar surface area (TPSA) is 32.3 Å². The number of carbonyl (C=O) groups excluding carboxylic acids is 1. The normalized spacial score (nSPS) is 20.5. The Morgan fingerprint density at radius 3 is 2.60 bits per heavy atom. The molecule has 132 valence electrons. The van der Waals surface area contributed by atoms with Crippen LogP contribution in [0.4, 0.5) is 14.5 Å². The number of hydrogen-bond donors (Lipinski definition) is 1. The molecule has 0 spiro atoms. The van der Waals surface area contributed by atoms with Crippen molar-refractivity contribution >= 4 is 23.2 Å². The molecule has 2 aromatic carbocycles. The largest absolute Gasteiger partial charge is 0.359 e. The van der Waals surface area contributed by atoms with E-state index in [0.717, 1.165) is 0 Å². The van der Waals surface area contributed by atoms with E-state index in [1.807, 2.05) is 0 Å². The first kappa shape index (κ1) is 17.7. The highest BCUT2D eigenvalue weighted by Crippen LogP contribution is 2.32. The SMILES string of the molecule is CN(c1cccc(F)c1)C(C(=O)NC1CC(F)C1)c1ccccc1Cl. The van der Waals surface area contributed by atoms with Gasteiger partial charge in [0.05, 0.1) is 0 Å². The van der Waals surface area contributed by atoms with Gasteiger partial charge in [-0.25, -0.2) is 8.78 Å². The highest BCUT2D eigenvalue weighted by atomic mass is 35.5. The van der Waals surface area contributed by atoms with Crippen molar-refractivity contribution in [1.29, 1.82) is 0 Å². The van der Waals surface area contributed by atoms with Gasteiger partial charge in [0, 0.05) is 29.4 Å². The molecule has 1 saturated carbocycles. The Morgan fingerprint density at radius 2 is 1.96 bits per heavy atom. The maximum absolute atomic E-state index is 13.6. The van der Waals surface area contributed by atoms with E-state index in [1.54, 1.807) is 48.3 Å². The molecule has 1 aliphatic rings. The number of benzene rings is 2. The van der Waals surface area contributed by atoms with Gasteiger partial charge in [0.15, 0.2) is 0 Å². The minimum Gasteiger partial charge on any atom is -0.359 e. The van der Waals surface area contributed by atoms with Crippen LogP contribution in [0.25, 0.3) is 0 Å². The molecule has 1 atom stereocenters. The second-order valence-corrected chi connectivity index (χ2v) is 6.70.